The number of benzene rings is 6. The molecule has 0 aromatic heterocycles. The van der Waals surface area contributed by atoms with Crippen LogP contribution in [-0.4, -0.2) is 0 Å². The van der Waals surface area contributed by atoms with Gasteiger partial charge in [0.05, 0.1) is 0 Å². The van der Waals surface area contributed by atoms with Crippen LogP contribution in [0.15, 0.2) is 140 Å². The van der Waals surface area contributed by atoms with Crippen molar-refractivity contribution in [2.75, 3.05) is 4.90 Å². The van der Waals surface area contributed by atoms with Gasteiger partial charge in [0.2, 0.25) is 0 Å². The van der Waals surface area contributed by atoms with E-state index in [-0.39, 0.29) is 10.8 Å². The van der Waals surface area contributed by atoms with E-state index in [0.717, 1.165) is 0 Å². The van der Waals surface area contributed by atoms with E-state index in [1.54, 1.807) is 0 Å². The minimum Gasteiger partial charge on any atom is -0.310 e. The maximum absolute atomic E-state index is 2.45. The van der Waals surface area contributed by atoms with E-state index in [9.17, 15) is 0 Å². The van der Waals surface area contributed by atoms with E-state index in [1.807, 2.05) is 18.2 Å². The molecule has 45 heavy (non-hydrogen) atoms. The normalized spacial score (nSPS) is 14.4. The molecule has 0 amide bonds. The van der Waals surface area contributed by atoms with Crippen molar-refractivity contribution in [3.8, 4) is 22.3 Å². The summed E-state index contributed by atoms with van der Waals surface area (Å²) in [6.07, 6.45) is 0. The first-order valence-corrected chi connectivity index (χ1v) is 16.0. The second-order valence-electron chi connectivity index (χ2n) is 13.6. The molecule has 2 aliphatic rings. The van der Waals surface area contributed by atoms with Gasteiger partial charge in [-0.2, -0.15) is 0 Å². The van der Waals surface area contributed by atoms with Crippen LogP contribution in [0, 0.1) is 13.8 Å². The highest BCUT2D eigenvalue weighted by Crippen LogP contribution is 2.53. The van der Waals surface area contributed by atoms with Crippen molar-refractivity contribution in [2.45, 2.75) is 52.4 Å². The molecule has 0 fully saturated rings. The van der Waals surface area contributed by atoms with E-state index in [0.29, 0.717) is 0 Å². The molecule has 0 spiro atoms. The van der Waals surface area contributed by atoms with Crippen LogP contribution in [-0.2, 0) is 10.8 Å². The molecule has 222 valence electrons. The number of rotatable bonds is 3. The molecule has 8 rings (SSSR count). The summed E-state index contributed by atoms with van der Waals surface area (Å²) in [4.78, 5) is 2.45. The van der Waals surface area contributed by atoms with Crippen molar-refractivity contribution in [2.24, 2.45) is 0 Å². The lowest BCUT2D eigenvalue weighted by Crippen LogP contribution is -2.18. The summed E-state index contributed by atoms with van der Waals surface area (Å²) in [5.74, 6) is 0. The molecule has 0 bridgehead atoms. The summed E-state index contributed by atoms with van der Waals surface area (Å²) in [6.45, 7) is 13.7. The molecular weight excluding hydrogens is 542 g/mol. The highest BCUT2D eigenvalue weighted by molar-refractivity contribution is 5.88. The number of hydrogen-bond donors (Lipinski definition) is 0. The molecule has 0 saturated carbocycles. The third kappa shape index (κ3) is 4.79. The van der Waals surface area contributed by atoms with E-state index in [2.05, 4.69) is 168 Å². The molecular formula is C44H41N. The third-order valence-corrected chi connectivity index (χ3v) is 9.95. The highest BCUT2D eigenvalue weighted by Gasteiger charge is 2.37. The van der Waals surface area contributed by atoms with Crippen molar-refractivity contribution in [1.82, 2.24) is 0 Å². The number of nitrogens with zero attached hydrogens (tertiary/aromatic N) is 1. The van der Waals surface area contributed by atoms with Gasteiger partial charge in [-0.05, 0) is 94.3 Å². The molecule has 0 radical (unpaired) electrons. The minimum absolute atomic E-state index is 0.0408. The first-order chi connectivity index (χ1) is 21.7. The second-order valence-corrected chi connectivity index (χ2v) is 13.6. The number of aryl methyl sites for hydroxylation is 2. The molecule has 0 unspecified atom stereocenters. The van der Waals surface area contributed by atoms with Crippen molar-refractivity contribution < 1.29 is 0 Å². The molecule has 0 N–H and O–H groups in total. The quantitative estimate of drug-likeness (QED) is 0.200. The Morgan fingerprint density at radius 1 is 0.400 bits per heavy atom. The number of fused-ring (bicyclic) bond motifs is 6. The molecule has 0 heterocycles. The molecule has 0 atom stereocenters. The molecule has 6 aromatic rings. The lowest BCUT2D eigenvalue weighted by Gasteiger charge is -2.30. The van der Waals surface area contributed by atoms with Gasteiger partial charge in [-0.15, -0.1) is 0 Å². The Bertz CT molecular complexity index is 1920. The molecule has 2 aliphatic carbocycles. The van der Waals surface area contributed by atoms with Crippen molar-refractivity contribution in [3.63, 3.8) is 0 Å². The lowest BCUT2D eigenvalue weighted by atomic mass is 9.82. The standard InChI is InChI=1S/C37H33N.C7H8/c1-24-12-6-11-17-35(24)38(25-18-20-29-27-13-7-9-15-31(27)36(2,3)33(29)22-25)26-19-21-30-28-14-8-10-16-32(28)37(4,5)34(30)23-26;1-7-5-3-2-4-6-7/h6-23H,1-5H3;2-6H,1H3. The predicted molar refractivity (Wildman–Crippen MR) is 192 cm³/mol. The Morgan fingerprint density at radius 3 is 1.29 bits per heavy atom. The Morgan fingerprint density at radius 2 is 0.822 bits per heavy atom. The summed E-state index contributed by atoms with van der Waals surface area (Å²) in [5.41, 5.74) is 17.1. The maximum Gasteiger partial charge on any atom is 0.0490 e. The second kappa shape index (κ2) is 10.9. The summed E-state index contributed by atoms with van der Waals surface area (Å²) in [7, 11) is 0. The van der Waals surface area contributed by atoms with Gasteiger partial charge in [0.1, 0.15) is 0 Å². The zero-order valence-electron chi connectivity index (χ0n) is 27.2. The van der Waals surface area contributed by atoms with Crippen molar-refractivity contribution >= 4 is 17.1 Å². The first kappa shape index (κ1) is 28.9. The first-order valence-electron chi connectivity index (χ1n) is 16.0. The van der Waals surface area contributed by atoms with Crippen LogP contribution < -0.4 is 4.90 Å². The van der Waals surface area contributed by atoms with Crippen LogP contribution in [0.3, 0.4) is 0 Å². The molecule has 6 aromatic carbocycles. The Hall–Kier alpha value is -4.88. The SMILES string of the molecule is Cc1ccccc1.Cc1ccccc1N(c1ccc2c(c1)C(C)(C)c1ccccc1-2)c1ccc2c(c1)C(C)(C)c1ccccc1-2. The molecule has 0 saturated heterocycles. The van der Waals surface area contributed by atoms with Gasteiger partial charge in [0, 0.05) is 27.9 Å². The van der Waals surface area contributed by atoms with Gasteiger partial charge in [-0.1, -0.05) is 142 Å². The van der Waals surface area contributed by atoms with Crippen LogP contribution in [0.1, 0.15) is 61.1 Å². The van der Waals surface area contributed by atoms with Gasteiger partial charge in [0.15, 0.2) is 0 Å². The third-order valence-electron chi connectivity index (χ3n) is 9.95. The van der Waals surface area contributed by atoms with E-state index >= 15 is 0 Å². The van der Waals surface area contributed by atoms with Gasteiger partial charge in [-0.3, -0.25) is 0 Å². The summed E-state index contributed by atoms with van der Waals surface area (Å²) in [5, 5.41) is 0. The fourth-order valence-electron chi connectivity index (χ4n) is 7.44. The largest absolute Gasteiger partial charge is 0.310 e. The Balaban J connectivity index is 0.000000412. The van der Waals surface area contributed by atoms with Gasteiger partial charge in [0.25, 0.3) is 0 Å². The smallest absolute Gasteiger partial charge is 0.0490 e. The van der Waals surface area contributed by atoms with Crippen LogP contribution >= 0.6 is 0 Å². The van der Waals surface area contributed by atoms with Crippen LogP contribution in [0.4, 0.5) is 17.1 Å². The highest BCUT2D eigenvalue weighted by atomic mass is 15.1. The van der Waals surface area contributed by atoms with E-state index < -0.39 is 0 Å². The molecule has 1 nitrogen and oxygen atoms in total. The predicted octanol–water partition coefficient (Wildman–Crippen LogP) is 12.1. The van der Waals surface area contributed by atoms with Crippen LogP contribution in [0.25, 0.3) is 22.3 Å². The molecule has 0 aliphatic heterocycles. The fraction of sp³-hybridized carbons (Fsp3) is 0.182. The summed E-state index contributed by atoms with van der Waals surface area (Å²) in [6, 6.07) is 50.8. The van der Waals surface area contributed by atoms with Crippen molar-refractivity contribution in [1.29, 1.82) is 0 Å². The summed E-state index contributed by atoms with van der Waals surface area (Å²) >= 11 is 0. The Labute approximate surface area is 268 Å². The van der Waals surface area contributed by atoms with Crippen molar-refractivity contribution in [3.05, 3.63) is 173 Å². The number of anilines is 3. The molecule has 1 heteroatoms. The van der Waals surface area contributed by atoms with Crippen LogP contribution in [0.5, 0.6) is 0 Å². The van der Waals surface area contributed by atoms with Crippen LogP contribution in [0.2, 0.25) is 0 Å². The zero-order chi connectivity index (χ0) is 31.3. The zero-order valence-corrected chi connectivity index (χ0v) is 27.2. The number of para-hydroxylation sites is 1. The summed E-state index contributed by atoms with van der Waals surface area (Å²) < 4.78 is 0. The van der Waals surface area contributed by atoms with Gasteiger partial charge in [-0.25, -0.2) is 0 Å². The van der Waals surface area contributed by atoms with E-state index in [4.69, 9.17) is 0 Å². The fourth-order valence-corrected chi connectivity index (χ4v) is 7.44. The minimum atomic E-state index is -0.0408. The maximum atomic E-state index is 2.45. The lowest BCUT2D eigenvalue weighted by molar-refractivity contribution is 0.660. The monoisotopic (exact) mass is 583 g/mol. The topological polar surface area (TPSA) is 3.24 Å². The van der Waals surface area contributed by atoms with Gasteiger partial charge < -0.3 is 4.90 Å². The van der Waals surface area contributed by atoms with Gasteiger partial charge >= 0.3 is 0 Å². The number of hydrogen-bond acceptors (Lipinski definition) is 1. The van der Waals surface area contributed by atoms with E-state index in [1.165, 1.54) is 72.7 Å². The average molecular weight is 584 g/mol. The Kier molecular flexibility index (Phi) is 7.01. The average Bonchev–Trinajstić information content (AvgIpc) is 3.42.